The van der Waals surface area contributed by atoms with Gasteiger partial charge in [-0.3, -0.25) is 0 Å². The Morgan fingerprint density at radius 3 is 2.78 bits per heavy atom. The van der Waals surface area contributed by atoms with Crippen molar-refractivity contribution in [2.75, 3.05) is 47.6 Å². The second-order valence-corrected chi connectivity index (χ2v) is 7.40. The molecule has 32 heavy (non-hydrogen) atoms. The van der Waals surface area contributed by atoms with E-state index in [2.05, 4.69) is 20.6 Å². The first-order valence-corrected chi connectivity index (χ1v) is 10.3. The van der Waals surface area contributed by atoms with Crippen LogP contribution in [0, 0.1) is 12.7 Å². The number of aromatic nitrogens is 2. The third-order valence-electron chi connectivity index (χ3n) is 5.25. The highest BCUT2D eigenvalue weighted by Gasteiger charge is 2.16. The standard InChI is InChI=1S/C23H26FN7O/c1-15-3-2-4-17(22(15)26)19(14-25)29-21-7-8-27-23(30-21)28-16-5-6-18(24)20(13-16)31-9-11-32-12-10-31/h2-8,13-14H,9-12,25-26H2,1H3,(H2,27,28,29,30)/b19-14+. The van der Waals surface area contributed by atoms with Crippen LogP contribution in [0.1, 0.15) is 11.1 Å². The van der Waals surface area contributed by atoms with Crippen molar-refractivity contribution in [2.24, 2.45) is 5.73 Å². The number of para-hydroxylation sites is 1. The summed E-state index contributed by atoms with van der Waals surface area (Å²) in [5, 5.41) is 6.33. The van der Waals surface area contributed by atoms with Crippen LogP contribution in [-0.2, 0) is 4.74 Å². The monoisotopic (exact) mass is 435 g/mol. The summed E-state index contributed by atoms with van der Waals surface area (Å²) in [5.41, 5.74) is 16.3. The second-order valence-electron chi connectivity index (χ2n) is 7.40. The number of ether oxygens (including phenoxy) is 1. The lowest BCUT2D eigenvalue weighted by Crippen LogP contribution is -2.36. The van der Waals surface area contributed by atoms with Crippen LogP contribution < -0.4 is 27.0 Å². The maximum Gasteiger partial charge on any atom is 0.229 e. The predicted molar refractivity (Wildman–Crippen MR) is 126 cm³/mol. The molecular formula is C23H26FN7O. The number of halogens is 1. The fraction of sp³-hybridized carbons (Fsp3) is 0.217. The first kappa shape index (κ1) is 21.4. The SMILES string of the molecule is Cc1cccc(/C(=C\N)Nc2ccnc(Nc3ccc(F)c(N4CCOCC4)c3)n2)c1N. The Morgan fingerprint density at radius 1 is 1.19 bits per heavy atom. The van der Waals surface area contributed by atoms with E-state index in [1.54, 1.807) is 24.4 Å². The van der Waals surface area contributed by atoms with Crippen LogP contribution in [0.3, 0.4) is 0 Å². The summed E-state index contributed by atoms with van der Waals surface area (Å²) in [6, 6.07) is 12.3. The molecule has 1 aromatic heterocycles. The van der Waals surface area contributed by atoms with Crippen molar-refractivity contribution in [3.8, 4) is 0 Å². The summed E-state index contributed by atoms with van der Waals surface area (Å²) >= 11 is 0. The molecule has 2 aromatic carbocycles. The first-order chi connectivity index (χ1) is 15.5. The van der Waals surface area contributed by atoms with Gasteiger partial charge in [0.1, 0.15) is 11.6 Å². The van der Waals surface area contributed by atoms with E-state index in [9.17, 15) is 4.39 Å². The minimum absolute atomic E-state index is 0.276. The van der Waals surface area contributed by atoms with Gasteiger partial charge in [-0.05, 0) is 36.8 Å². The molecular weight excluding hydrogens is 409 g/mol. The zero-order valence-electron chi connectivity index (χ0n) is 17.8. The third kappa shape index (κ3) is 4.73. The van der Waals surface area contributed by atoms with Gasteiger partial charge in [-0.15, -0.1) is 0 Å². The third-order valence-corrected chi connectivity index (χ3v) is 5.25. The van der Waals surface area contributed by atoms with E-state index in [0.29, 0.717) is 60.8 Å². The molecule has 0 unspecified atom stereocenters. The van der Waals surface area contributed by atoms with E-state index >= 15 is 0 Å². The molecule has 4 rings (SSSR count). The quantitative estimate of drug-likeness (QED) is 0.435. The van der Waals surface area contributed by atoms with Crippen molar-refractivity contribution in [2.45, 2.75) is 6.92 Å². The molecule has 9 heteroatoms. The Hall–Kier alpha value is -3.85. The summed E-state index contributed by atoms with van der Waals surface area (Å²) in [7, 11) is 0. The van der Waals surface area contributed by atoms with E-state index in [0.717, 1.165) is 11.1 Å². The molecule has 3 aromatic rings. The average Bonchev–Trinajstić information content (AvgIpc) is 2.81. The second kappa shape index (κ2) is 9.52. The molecule has 0 spiro atoms. The van der Waals surface area contributed by atoms with Crippen LogP contribution in [-0.4, -0.2) is 36.3 Å². The molecule has 0 atom stereocenters. The number of morpholine rings is 1. The van der Waals surface area contributed by atoms with Gasteiger partial charge >= 0.3 is 0 Å². The lowest BCUT2D eigenvalue weighted by atomic mass is 10.1. The predicted octanol–water partition coefficient (Wildman–Crippen LogP) is 3.46. The number of nitrogens with zero attached hydrogens (tertiary/aromatic N) is 3. The number of hydrogen-bond donors (Lipinski definition) is 4. The molecule has 1 aliphatic rings. The molecule has 0 radical (unpaired) electrons. The summed E-state index contributed by atoms with van der Waals surface area (Å²) in [4.78, 5) is 10.7. The van der Waals surface area contributed by atoms with E-state index in [1.807, 2.05) is 30.0 Å². The Balaban J connectivity index is 1.53. The molecule has 166 valence electrons. The summed E-state index contributed by atoms with van der Waals surface area (Å²) in [6.07, 6.45) is 3.08. The zero-order chi connectivity index (χ0) is 22.5. The fourth-order valence-electron chi connectivity index (χ4n) is 3.51. The highest BCUT2D eigenvalue weighted by molar-refractivity contribution is 5.82. The highest BCUT2D eigenvalue weighted by atomic mass is 19.1. The molecule has 0 saturated carbocycles. The summed E-state index contributed by atoms with van der Waals surface area (Å²) in [6.45, 7) is 4.39. The number of nitrogen functional groups attached to an aromatic ring is 1. The minimum Gasteiger partial charge on any atom is -0.403 e. The Labute approximate surface area is 186 Å². The molecule has 0 bridgehead atoms. The van der Waals surface area contributed by atoms with Crippen molar-refractivity contribution in [1.29, 1.82) is 0 Å². The number of nitrogens with two attached hydrogens (primary N) is 2. The number of benzene rings is 2. The molecule has 1 fully saturated rings. The molecule has 1 aliphatic heterocycles. The van der Waals surface area contributed by atoms with E-state index in [4.69, 9.17) is 16.2 Å². The molecule has 1 saturated heterocycles. The van der Waals surface area contributed by atoms with Gasteiger partial charge in [0.25, 0.3) is 0 Å². The largest absolute Gasteiger partial charge is 0.403 e. The minimum atomic E-state index is -0.276. The van der Waals surface area contributed by atoms with Crippen molar-refractivity contribution >= 4 is 34.5 Å². The van der Waals surface area contributed by atoms with Crippen LogP contribution in [0.15, 0.2) is 54.9 Å². The maximum absolute atomic E-state index is 14.4. The van der Waals surface area contributed by atoms with E-state index in [1.165, 1.54) is 12.3 Å². The van der Waals surface area contributed by atoms with Crippen LogP contribution in [0.4, 0.5) is 33.2 Å². The summed E-state index contributed by atoms with van der Waals surface area (Å²) in [5.74, 6) is 0.626. The maximum atomic E-state index is 14.4. The van der Waals surface area contributed by atoms with Gasteiger partial charge in [-0.2, -0.15) is 4.98 Å². The number of rotatable bonds is 6. The summed E-state index contributed by atoms with van der Waals surface area (Å²) < 4.78 is 19.7. The molecule has 0 aliphatic carbocycles. The van der Waals surface area contributed by atoms with Crippen molar-refractivity contribution in [3.05, 3.63) is 71.8 Å². The van der Waals surface area contributed by atoms with Crippen LogP contribution in [0.5, 0.6) is 0 Å². The first-order valence-electron chi connectivity index (χ1n) is 10.3. The lowest BCUT2D eigenvalue weighted by Gasteiger charge is -2.29. The topological polar surface area (TPSA) is 114 Å². The van der Waals surface area contributed by atoms with Gasteiger partial charge < -0.3 is 31.7 Å². The van der Waals surface area contributed by atoms with Gasteiger partial charge in [0, 0.05) is 42.4 Å². The van der Waals surface area contributed by atoms with Crippen molar-refractivity contribution in [3.63, 3.8) is 0 Å². The molecule has 8 nitrogen and oxygen atoms in total. The number of hydrogen-bond acceptors (Lipinski definition) is 8. The average molecular weight is 436 g/mol. The van der Waals surface area contributed by atoms with Gasteiger partial charge in [0.15, 0.2) is 0 Å². The van der Waals surface area contributed by atoms with Gasteiger partial charge in [0.2, 0.25) is 5.95 Å². The van der Waals surface area contributed by atoms with Crippen LogP contribution in [0.2, 0.25) is 0 Å². The van der Waals surface area contributed by atoms with Gasteiger partial charge in [-0.1, -0.05) is 18.2 Å². The van der Waals surface area contributed by atoms with E-state index < -0.39 is 0 Å². The van der Waals surface area contributed by atoms with Gasteiger partial charge in [-0.25, -0.2) is 9.37 Å². The van der Waals surface area contributed by atoms with Crippen molar-refractivity contribution in [1.82, 2.24) is 9.97 Å². The fourth-order valence-corrected chi connectivity index (χ4v) is 3.51. The molecule has 2 heterocycles. The lowest BCUT2D eigenvalue weighted by molar-refractivity contribution is 0.122. The molecule has 0 amide bonds. The van der Waals surface area contributed by atoms with E-state index in [-0.39, 0.29) is 5.82 Å². The van der Waals surface area contributed by atoms with Crippen LogP contribution >= 0.6 is 0 Å². The number of aryl methyl sites for hydroxylation is 1. The van der Waals surface area contributed by atoms with Gasteiger partial charge in [0.05, 0.1) is 24.6 Å². The number of nitrogens with one attached hydrogen (secondary N) is 2. The Kier molecular flexibility index (Phi) is 6.37. The highest BCUT2D eigenvalue weighted by Crippen LogP contribution is 2.27. The van der Waals surface area contributed by atoms with Crippen LogP contribution in [0.25, 0.3) is 5.70 Å². The Morgan fingerprint density at radius 2 is 2.00 bits per heavy atom. The molecule has 6 N–H and O–H groups in total. The zero-order valence-corrected chi connectivity index (χ0v) is 17.8. The normalized spacial score (nSPS) is 14.3. The smallest absolute Gasteiger partial charge is 0.229 e. The van der Waals surface area contributed by atoms with Crippen molar-refractivity contribution < 1.29 is 9.13 Å². The number of anilines is 5. The Bertz CT molecular complexity index is 1130.